The molecule has 0 bridgehead atoms. The molecule has 0 amide bonds. The third-order valence-electron chi connectivity index (χ3n) is 8.26. The highest BCUT2D eigenvalue weighted by Gasteiger charge is 2.21. The Labute approximate surface area is 229 Å². The van der Waals surface area contributed by atoms with Crippen LogP contribution in [-0.4, -0.2) is 0 Å². The Balaban J connectivity index is 1.43. The van der Waals surface area contributed by atoms with Crippen LogP contribution in [0.1, 0.15) is 0 Å². The lowest BCUT2D eigenvalue weighted by molar-refractivity contribution is 0.636. The summed E-state index contributed by atoms with van der Waals surface area (Å²) in [6.07, 6.45) is 0. The molecule has 9 aromatic rings. The van der Waals surface area contributed by atoms with E-state index in [2.05, 4.69) is 121 Å². The van der Waals surface area contributed by atoms with E-state index in [0.29, 0.717) is 0 Å². The standard InChI is InChI=1S/C38H22O2/c1-2-11-25-23(10-1)20-21-24-22-34(40-38(24)25)36-28-14-5-3-12-26(28)35(27-13-4-6-15-29(27)36)31-17-9-19-33-37(31)30-16-7-8-18-32(30)39-33/h1-22H. The van der Waals surface area contributed by atoms with Crippen molar-refractivity contribution in [1.82, 2.24) is 0 Å². The molecule has 0 atom stereocenters. The van der Waals surface area contributed by atoms with Crippen LogP contribution in [0, 0.1) is 0 Å². The van der Waals surface area contributed by atoms with Gasteiger partial charge in [0.15, 0.2) is 0 Å². The van der Waals surface area contributed by atoms with Crippen molar-refractivity contribution in [3.05, 3.63) is 133 Å². The first-order valence-corrected chi connectivity index (χ1v) is 13.6. The lowest BCUT2D eigenvalue weighted by Gasteiger charge is -2.17. The van der Waals surface area contributed by atoms with Gasteiger partial charge in [-0.1, -0.05) is 115 Å². The summed E-state index contributed by atoms with van der Waals surface area (Å²) in [5.74, 6) is 0.886. The van der Waals surface area contributed by atoms with Crippen LogP contribution in [0.4, 0.5) is 0 Å². The summed E-state index contributed by atoms with van der Waals surface area (Å²) in [5.41, 5.74) is 6.26. The molecule has 0 saturated carbocycles. The average molecular weight is 511 g/mol. The number of benzene rings is 7. The maximum absolute atomic E-state index is 6.73. The molecule has 0 spiro atoms. The summed E-state index contributed by atoms with van der Waals surface area (Å²) >= 11 is 0. The van der Waals surface area contributed by atoms with E-state index >= 15 is 0 Å². The highest BCUT2D eigenvalue weighted by molar-refractivity contribution is 6.25. The number of hydrogen-bond donors (Lipinski definition) is 0. The quantitative estimate of drug-likeness (QED) is 0.216. The summed E-state index contributed by atoms with van der Waals surface area (Å²) in [6.45, 7) is 0. The molecule has 0 radical (unpaired) electrons. The first kappa shape index (κ1) is 21.6. The van der Waals surface area contributed by atoms with Crippen molar-refractivity contribution in [2.45, 2.75) is 0 Å². The lowest BCUT2D eigenvalue weighted by atomic mass is 9.86. The Morgan fingerprint density at radius 1 is 0.375 bits per heavy atom. The second kappa shape index (κ2) is 8.08. The number of fused-ring (bicyclic) bond motifs is 8. The third kappa shape index (κ3) is 2.93. The Morgan fingerprint density at radius 3 is 1.70 bits per heavy atom. The zero-order valence-corrected chi connectivity index (χ0v) is 21.5. The molecule has 186 valence electrons. The van der Waals surface area contributed by atoms with E-state index in [-0.39, 0.29) is 0 Å². The highest BCUT2D eigenvalue weighted by atomic mass is 16.3. The Hall–Kier alpha value is -5.34. The molecule has 0 aliphatic carbocycles. The molecule has 0 saturated heterocycles. The van der Waals surface area contributed by atoms with Gasteiger partial charge in [0.05, 0.1) is 0 Å². The molecular formula is C38H22O2. The lowest BCUT2D eigenvalue weighted by Crippen LogP contribution is -1.90. The van der Waals surface area contributed by atoms with Crippen molar-refractivity contribution in [3.63, 3.8) is 0 Å². The molecular weight excluding hydrogens is 488 g/mol. The fraction of sp³-hybridized carbons (Fsp3) is 0. The van der Waals surface area contributed by atoms with Crippen LogP contribution in [0.25, 0.3) is 87.7 Å². The first-order chi connectivity index (χ1) is 19.8. The molecule has 2 aromatic heterocycles. The molecule has 0 aliphatic heterocycles. The van der Waals surface area contributed by atoms with Crippen LogP contribution in [0.3, 0.4) is 0 Å². The molecule has 0 unspecified atom stereocenters. The van der Waals surface area contributed by atoms with Crippen molar-refractivity contribution >= 4 is 65.2 Å². The summed E-state index contributed by atoms with van der Waals surface area (Å²) < 4.78 is 13.0. The van der Waals surface area contributed by atoms with Gasteiger partial charge in [0.2, 0.25) is 0 Å². The van der Waals surface area contributed by atoms with Crippen LogP contribution < -0.4 is 0 Å². The van der Waals surface area contributed by atoms with E-state index in [1.54, 1.807) is 0 Å². The summed E-state index contributed by atoms with van der Waals surface area (Å²) in [5, 5.41) is 10.4. The predicted molar refractivity (Wildman–Crippen MR) is 167 cm³/mol. The van der Waals surface area contributed by atoms with Crippen LogP contribution in [0.2, 0.25) is 0 Å². The van der Waals surface area contributed by atoms with Gasteiger partial charge in [0, 0.05) is 27.1 Å². The smallest absolute Gasteiger partial charge is 0.142 e. The van der Waals surface area contributed by atoms with E-state index in [1.165, 1.54) is 38.1 Å². The fourth-order valence-corrected chi connectivity index (χ4v) is 6.56. The molecule has 2 nitrogen and oxygen atoms in total. The van der Waals surface area contributed by atoms with Crippen molar-refractivity contribution in [3.8, 4) is 22.5 Å². The second-order valence-electron chi connectivity index (χ2n) is 10.4. The van der Waals surface area contributed by atoms with Gasteiger partial charge in [-0.05, 0) is 56.3 Å². The van der Waals surface area contributed by atoms with Crippen molar-refractivity contribution in [2.75, 3.05) is 0 Å². The molecule has 40 heavy (non-hydrogen) atoms. The minimum Gasteiger partial charge on any atom is -0.456 e. The van der Waals surface area contributed by atoms with Gasteiger partial charge in [0.25, 0.3) is 0 Å². The van der Waals surface area contributed by atoms with Gasteiger partial charge in [0.1, 0.15) is 22.5 Å². The maximum Gasteiger partial charge on any atom is 0.142 e. The van der Waals surface area contributed by atoms with Crippen molar-refractivity contribution in [1.29, 1.82) is 0 Å². The van der Waals surface area contributed by atoms with Gasteiger partial charge < -0.3 is 8.83 Å². The minimum atomic E-state index is 0.886. The van der Waals surface area contributed by atoms with Crippen LogP contribution >= 0.6 is 0 Å². The van der Waals surface area contributed by atoms with Gasteiger partial charge in [-0.3, -0.25) is 0 Å². The molecule has 9 rings (SSSR count). The SMILES string of the molecule is c1ccc2c(c1)ccc1cc(-c3c4ccccc4c(-c4cccc5oc6ccccc6c45)c4ccccc34)oc12. The molecule has 0 fully saturated rings. The van der Waals surface area contributed by atoms with E-state index in [9.17, 15) is 0 Å². The summed E-state index contributed by atoms with van der Waals surface area (Å²) in [4.78, 5) is 0. The van der Waals surface area contributed by atoms with Crippen LogP contribution in [-0.2, 0) is 0 Å². The molecule has 0 aliphatic rings. The van der Waals surface area contributed by atoms with Gasteiger partial charge in [-0.25, -0.2) is 0 Å². The van der Waals surface area contributed by atoms with E-state index < -0.39 is 0 Å². The van der Waals surface area contributed by atoms with Gasteiger partial charge in [-0.15, -0.1) is 0 Å². The largest absolute Gasteiger partial charge is 0.456 e. The Kier molecular flexibility index (Phi) is 4.36. The molecule has 0 N–H and O–H groups in total. The normalized spacial score (nSPS) is 12.0. The summed E-state index contributed by atoms with van der Waals surface area (Å²) in [7, 11) is 0. The Bertz CT molecular complexity index is 2380. The minimum absolute atomic E-state index is 0.886. The first-order valence-electron chi connectivity index (χ1n) is 13.6. The molecule has 2 heterocycles. The second-order valence-corrected chi connectivity index (χ2v) is 10.4. The van der Waals surface area contributed by atoms with Crippen molar-refractivity contribution < 1.29 is 8.83 Å². The highest BCUT2D eigenvalue weighted by Crippen LogP contribution is 2.47. The molecule has 7 aromatic carbocycles. The molecule has 2 heteroatoms. The van der Waals surface area contributed by atoms with E-state index in [1.807, 2.05) is 12.1 Å². The van der Waals surface area contributed by atoms with Gasteiger partial charge in [-0.2, -0.15) is 0 Å². The average Bonchev–Trinajstić information content (AvgIpc) is 3.62. The van der Waals surface area contributed by atoms with Crippen LogP contribution in [0.15, 0.2) is 142 Å². The summed E-state index contributed by atoms with van der Waals surface area (Å²) in [6, 6.07) is 47.1. The van der Waals surface area contributed by atoms with Crippen LogP contribution in [0.5, 0.6) is 0 Å². The number of para-hydroxylation sites is 1. The fourth-order valence-electron chi connectivity index (χ4n) is 6.56. The van der Waals surface area contributed by atoms with E-state index in [4.69, 9.17) is 8.83 Å². The number of rotatable bonds is 2. The van der Waals surface area contributed by atoms with Crippen molar-refractivity contribution in [2.24, 2.45) is 0 Å². The third-order valence-corrected chi connectivity index (χ3v) is 8.26. The maximum atomic E-state index is 6.73. The zero-order valence-electron chi connectivity index (χ0n) is 21.5. The number of furan rings is 2. The number of hydrogen-bond acceptors (Lipinski definition) is 2. The predicted octanol–water partition coefficient (Wildman–Crippen LogP) is 11.1. The zero-order chi connectivity index (χ0) is 26.2. The van der Waals surface area contributed by atoms with Gasteiger partial charge >= 0.3 is 0 Å². The monoisotopic (exact) mass is 510 g/mol. The Morgan fingerprint density at radius 2 is 0.950 bits per heavy atom. The topological polar surface area (TPSA) is 26.3 Å². The van der Waals surface area contributed by atoms with E-state index in [0.717, 1.165) is 49.6 Å².